The summed E-state index contributed by atoms with van der Waals surface area (Å²) < 4.78 is 0. The summed E-state index contributed by atoms with van der Waals surface area (Å²) in [4.78, 5) is 11.0. The Labute approximate surface area is 70.6 Å². The van der Waals surface area contributed by atoms with Crippen LogP contribution in [0, 0.1) is 0 Å². The lowest BCUT2D eigenvalue weighted by Gasteiger charge is -2.16. The van der Waals surface area contributed by atoms with Gasteiger partial charge in [-0.3, -0.25) is 4.79 Å². The minimum absolute atomic E-state index is 0.0492. The summed E-state index contributed by atoms with van der Waals surface area (Å²) in [6, 6.07) is 5.33. The molecule has 0 aromatic heterocycles. The highest BCUT2D eigenvalue weighted by molar-refractivity contribution is 5.94. The van der Waals surface area contributed by atoms with Gasteiger partial charge in [0.25, 0.3) is 0 Å². The standard InChI is InChI=1S/C9H9N2O/c10-7-3-1-6-2-4-9(12)11-8(6)5-7/h1,3,5,10H,2,4H2,(H,11,12). The third-order valence-corrected chi connectivity index (χ3v) is 2.01. The smallest absolute Gasteiger partial charge is 0.224 e. The maximum absolute atomic E-state index is 11.0. The highest BCUT2D eigenvalue weighted by Crippen LogP contribution is 2.24. The quantitative estimate of drug-likeness (QED) is 0.615. The molecule has 1 aromatic rings. The van der Waals surface area contributed by atoms with Gasteiger partial charge in [0.1, 0.15) is 0 Å². The van der Waals surface area contributed by atoms with Gasteiger partial charge in [-0.15, -0.1) is 0 Å². The minimum Gasteiger partial charge on any atom is -0.326 e. The summed E-state index contributed by atoms with van der Waals surface area (Å²) in [5.41, 5.74) is 9.72. The first-order valence-corrected chi connectivity index (χ1v) is 3.90. The molecule has 1 heterocycles. The Morgan fingerprint density at radius 3 is 3.00 bits per heavy atom. The van der Waals surface area contributed by atoms with Crippen molar-refractivity contribution in [3.8, 4) is 0 Å². The summed E-state index contributed by atoms with van der Waals surface area (Å²) in [7, 11) is 0. The Morgan fingerprint density at radius 1 is 1.33 bits per heavy atom. The van der Waals surface area contributed by atoms with E-state index in [4.69, 9.17) is 5.73 Å². The molecule has 1 aliphatic rings. The Balaban J connectivity index is 2.44. The fourth-order valence-corrected chi connectivity index (χ4v) is 1.37. The van der Waals surface area contributed by atoms with E-state index >= 15 is 0 Å². The molecule has 61 valence electrons. The molecule has 3 heteroatoms. The van der Waals surface area contributed by atoms with Crippen LogP contribution >= 0.6 is 0 Å². The second-order valence-corrected chi connectivity index (χ2v) is 2.92. The van der Waals surface area contributed by atoms with Gasteiger partial charge in [0.05, 0.1) is 5.69 Å². The van der Waals surface area contributed by atoms with Crippen LogP contribution < -0.4 is 11.1 Å². The van der Waals surface area contributed by atoms with Gasteiger partial charge in [-0.2, -0.15) is 0 Å². The number of nitrogens with one attached hydrogen (secondary N) is 2. The van der Waals surface area contributed by atoms with Gasteiger partial charge in [0.15, 0.2) is 0 Å². The fraction of sp³-hybridized carbons (Fsp3) is 0.222. The zero-order chi connectivity index (χ0) is 8.55. The van der Waals surface area contributed by atoms with Gasteiger partial charge in [-0.25, -0.2) is 0 Å². The van der Waals surface area contributed by atoms with E-state index in [1.54, 1.807) is 12.1 Å². The summed E-state index contributed by atoms with van der Waals surface area (Å²) in [5.74, 6) is 0.0492. The number of hydrogen-bond donors (Lipinski definition) is 1. The number of carbonyl (C=O) groups is 1. The van der Waals surface area contributed by atoms with Crippen molar-refractivity contribution in [3.63, 3.8) is 0 Å². The van der Waals surface area contributed by atoms with Crippen LogP contribution in [0.2, 0.25) is 0 Å². The molecule has 0 fully saturated rings. The minimum atomic E-state index is 0.0492. The lowest BCUT2D eigenvalue weighted by atomic mass is 10.0. The Kier molecular flexibility index (Phi) is 1.50. The molecule has 0 saturated carbocycles. The summed E-state index contributed by atoms with van der Waals surface area (Å²) in [6.45, 7) is 0. The van der Waals surface area contributed by atoms with Crippen LogP contribution in [0.25, 0.3) is 0 Å². The van der Waals surface area contributed by atoms with Crippen LogP contribution in [-0.2, 0) is 11.2 Å². The molecule has 0 unspecified atom stereocenters. The summed E-state index contributed by atoms with van der Waals surface area (Å²) >= 11 is 0. The maximum Gasteiger partial charge on any atom is 0.224 e. The molecule has 1 amide bonds. The fourth-order valence-electron chi connectivity index (χ4n) is 1.37. The summed E-state index contributed by atoms with van der Waals surface area (Å²) in [6.07, 6.45) is 1.35. The topological polar surface area (TPSA) is 52.9 Å². The number of hydrogen-bond acceptors (Lipinski definition) is 1. The zero-order valence-corrected chi connectivity index (χ0v) is 6.55. The first-order chi connectivity index (χ1) is 5.75. The number of fused-ring (bicyclic) bond motifs is 1. The SMILES string of the molecule is [NH]c1ccc2c(c1)NC(=O)CC2. The normalized spacial score (nSPS) is 15.2. The molecule has 3 nitrogen and oxygen atoms in total. The van der Waals surface area contributed by atoms with Crippen molar-refractivity contribution in [2.45, 2.75) is 12.8 Å². The Hall–Kier alpha value is -1.51. The molecule has 12 heavy (non-hydrogen) atoms. The number of rotatable bonds is 0. The van der Waals surface area contributed by atoms with Crippen molar-refractivity contribution in [2.75, 3.05) is 5.32 Å². The van der Waals surface area contributed by atoms with Gasteiger partial charge in [0, 0.05) is 12.1 Å². The third kappa shape index (κ3) is 1.13. The van der Waals surface area contributed by atoms with Crippen molar-refractivity contribution >= 4 is 17.3 Å². The molecule has 0 aliphatic carbocycles. The zero-order valence-electron chi connectivity index (χ0n) is 6.55. The van der Waals surface area contributed by atoms with Crippen LogP contribution in [0.5, 0.6) is 0 Å². The van der Waals surface area contributed by atoms with E-state index in [1.165, 1.54) is 0 Å². The second-order valence-electron chi connectivity index (χ2n) is 2.92. The van der Waals surface area contributed by atoms with Gasteiger partial charge in [-0.05, 0) is 24.1 Å². The molecule has 1 radical (unpaired) electrons. The summed E-state index contributed by atoms with van der Waals surface area (Å²) in [5, 5.41) is 2.74. The molecular weight excluding hydrogens is 152 g/mol. The average molecular weight is 161 g/mol. The van der Waals surface area contributed by atoms with E-state index in [0.717, 1.165) is 17.7 Å². The van der Waals surface area contributed by atoms with E-state index in [9.17, 15) is 4.79 Å². The molecule has 2 rings (SSSR count). The van der Waals surface area contributed by atoms with E-state index in [2.05, 4.69) is 5.32 Å². The number of aryl methyl sites for hydroxylation is 1. The van der Waals surface area contributed by atoms with Crippen LogP contribution in [-0.4, -0.2) is 5.91 Å². The second kappa shape index (κ2) is 2.52. The monoisotopic (exact) mass is 161 g/mol. The largest absolute Gasteiger partial charge is 0.326 e. The van der Waals surface area contributed by atoms with Crippen LogP contribution in [0.3, 0.4) is 0 Å². The molecule has 0 atom stereocenters. The molecular formula is C9H9N2O. The molecule has 0 spiro atoms. The van der Waals surface area contributed by atoms with Gasteiger partial charge in [-0.1, -0.05) is 6.07 Å². The number of amides is 1. The highest BCUT2D eigenvalue weighted by Gasteiger charge is 2.13. The number of benzene rings is 1. The van der Waals surface area contributed by atoms with Gasteiger partial charge < -0.3 is 11.1 Å². The van der Waals surface area contributed by atoms with Crippen LogP contribution in [0.4, 0.5) is 11.4 Å². The van der Waals surface area contributed by atoms with E-state index in [1.807, 2.05) is 6.07 Å². The molecule has 2 N–H and O–H groups in total. The Bertz CT molecular complexity index is 333. The van der Waals surface area contributed by atoms with Gasteiger partial charge in [0.2, 0.25) is 5.91 Å². The average Bonchev–Trinajstić information content (AvgIpc) is 2.03. The van der Waals surface area contributed by atoms with Crippen LogP contribution in [0.1, 0.15) is 12.0 Å². The molecule has 1 aliphatic heterocycles. The van der Waals surface area contributed by atoms with Crippen molar-refractivity contribution in [2.24, 2.45) is 0 Å². The molecule has 0 bridgehead atoms. The van der Waals surface area contributed by atoms with E-state index in [-0.39, 0.29) is 5.91 Å². The van der Waals surface area contributed by atoms with Crippen molar-refractivity contribution in [1.29, 1.82) is 0 Å². The number of anilines is 1. The maximum atomic E-state index is 11.0. The van der Waals surface area contributed by atoms with Gasteiger partial charge >= 0.3 is 0 Å². The van der Waals surface area contributed by atoms with E-state index in [0.29, 0.717) is 12.1 Å². The van der Waals surface area contributed by atoms with E-state index < -0.39 is 0 Å². The lowest BCUT2D eigenvalue weighted by molar-refractivity contribution is -0.116. The number of carbonyl (C=O) groups excluding carboxylic acids is 1. The first kappa shape index (κ1) is 7.16. The highest BCUT2D eigenvalue weighted by atomic mass is 16.1. The first-order valence-electron chi connectivity index (χ1n) is 3.90. The van der Waals surface area contributed by atoms with Crippen LogP contribution in [0.15, 0.2) is 18.2 Å². The van der Waals surface area contributed by atoms with Crippen molar-refractivity contribution < 1.29 is 4.79 Å². The molecule has 0 saturated heterocycles. The Morgan fingerprint density at radius 2 is 2.17 bits per heavy atom. The van der Waals surface area contributed by atoms with Crippen molar-refractivity contribution in [3.05, 3.63) is 23.8 Å². The lowest BCUT2D eigenvalue weighted by Crippen LogP contribution is -2.18. The molecule has 1 aromatic carbocycles. The predicted molar refractivity (Wildman–Crippen MR) is 46.1 cm³/mol. The third-order valence-electron chi connectivity index (χ3n) is 2.01. The van der Waals surface area contributed by atoms with Crippen molar-refractivity contribution in [1.82, 2.24) is 5.73 Å². The predicted octanol–water partition coefficient (Wildman–Crippen LogP) is 1.49.